The summed E-state index contributed by atoms with van der Waals surface area (Å²) in [5.74, 6) is -6.21. The third-order valence-electron chi connectivity index (χ3n) is 4.47. The number of fused-ring (bicyclic) bond motifs is 2. The van der Waals surface area contributed by atoms with Gasteiger partial charge in [0.15, 0.2) is 0 Å². The minimum Gasteiger partial charge on any atom is -0.480 e. The van der Waals surface area contributed by atoms with Crippen molar-refractivity contribution in [3.8, 4) is 0 Å². The molecule has 3 heterocycles. The molecule has 32 heavy (non-hydrogen) atoms. The van der Waals surface area contributed by atoms with Crippen LogP contribution >= 0.6 is 11.3 Å². The van der Waals surface area contributed by atoms with Crippen molar-refractivity contribution in [2.75, 3.05) is 19.6 Å². The first-order valence-corrected chi connectivity index (χ1v) is 9.81. The summed E-state index contributed by atoms with van der Waals surface area (Å²) < 4.78 is 63.5. The molecule has 8 nitrogen and oxygen atoms in total. The van der Waals surface area contributed by atoms with Gasteiger partial charge in [-0.2, -0.15) is 26.3 Å². The normalized spacial score (nSPS) is 21.1. The molecule has 2 bridgehead atoms. The van der Waals surface area contributed by atoms with E-state index in [-0.39, 0.29) is 6.54 Å². The Kier molecular flexibility index (Phi) is 9.91. The highest BCUT2D eigenvalue weighted by Crippen LogP contribution is 2.30. The minimum absolute atomic E-state index is 0.210. The number of aliphatic carboxylic acids is 3. The monoisotopic (exact) mass is 494 g/mol. The molecular formula is C17H20F6N2O6S. The Bertz CT molecular complexity index is 733. The number of nitrogens with zero attached hydrogens (tertiary/aromatic N) is 2. The van der Waals surface area contributed by atoms with E-state index in [0.717, 1.165) is 32.5 Å². The second-order valence-electron chi connectivity index (χ2n) is 6.83. The molecule has 2 aliphatic rings. The summed E-state index contributed by atoms with van der Waals surface area (Å²) in [6.07, 6.45) is -7.86. The Morgan fingerprint density at radius 2 is 1.38 bits per heavy atom. The van der Waals surface area contributed by atoms with Crippen LogP contribution in [0.15, 0.2) is 17.5 Å². The fraction of sp³-hybridized carbons (Fsp3) is 0.588. The average Bonchev–Trinajstić information content (AvgIpc) is 3.20. The third-order valence-corrected chi connectivity index (χ3v) is 5.33. The largest absolute Gasteiger partial charge is 0.490 e. The molecule has 3 N–H and O–H groups in total. The average molecular weight is 494 g/mol. The van der Waals surface area contributed by atoms with E-state index in [2.05, 4.69) is 27.3 Å². The fourth-order valence-corrected chi connectivity index (χ4v) is 3.99. The van der Waals surface area contributed by atoms with E-state index in [1.54, 1.807) is 11.3 Å². The second kappa shape index (κ2) is 11.5. The first-order valence-electron chi connectivity index (χ1n) is 8.93. The summed E-state index contributed by atoms with van der Waals surface area (Å²) in [4.78, 5) is 34.7. The van der Waals surface area contributed by atoms with Crippen LogP contribution < -0.4 is 0 Å². The lowest BCUT2D eigenvalue weighted by Crippen LogP contribution is -2.54. The molecule has 0 aromatic carbocycles. The summed E-state index contributed by atoms with van der Waals surface area (Å²) in [6, 6.07) is 5.16. The Labute approximate surface area is 181 Å². The van der Waals surface area contributed by atoms with E-state index in [0.29, 0.717) is 12.1 Å². The number of piperazine rings is 1. The zero-order valence-corrected chi connectivity index (χ0v) is 17.1. The lowest BCUT2D eigenvalue weighted by molar-refractivity contribution is -0.193. The Hall–Kier alpha value is -2.39. The van der Waals surface area contributed by atoms with Crippen molar-refractivity contribution >= 4 is 29.2 Å². The molecule has 3 rings (SSSR count). The van der Waals surface area contributed by atoms with Crippen LogP contribution in [0.4, 0.5) is 26.3 Å². The Balaban J connectivity index is 0.000000305. The number of alkyl halides is 6. The number of carbonyl (C=O) groups is 3. The quantitative estimate of drug-likeness (QED) is 0.547. The van der Waals surface area contributed by atoms with E-state index in [1.165, 1.54) is 4.88 Å². The van der Waals surface area contributed by atoms with Gasteiger partial charge in [-0.3, -0.25) is 14.6 Å². The van der Waals surface area contributed by atoms with Gasteiger partial charge in [-0.05, 0) is 24.3 Å². The van der Waals surface area contributed by atoms with Gasteiger partial charge in [0.2, 0.25) is 0 Å². The number of rotatable bonds is 4. The molecule has 2 fully saturated rings. The number of thiophene rings is 1. The maximum Gasteiger partial charge on any atom is 0.490 e. The van der Waals surface area contributed by atoms with Crippen LogP contribution in [0.1, 0.15) is 17.7 Å². The van der Waals surface area contributed by atoms with Crippen molar-refractivity contribution in [3.63, 3.8) is 0 Å². The molecule has 1 aromatic rings. The van der Waals surface area contributed by atoms with E-state index >= 15 is 0 Å². The number of likely N-dealkylation sites (tertiary alicyclic amines) is 1. The van der Waals surface area contributed by atoms with Crippen molar-refractivity contribution in [2.45, 2.75) is 43.8 Å². The molecule has 2 saturated heterocycles. The smallest absolute Gasteiger partial charge is 0.480 e. The van der Waals surface area contributed by atoms with Gasteiger partial charge in [0.25, 0.3) is 0 Å². The summed E-state index contributed by atoms with van der Waals surface area (Å²) in [5, 5.41) is 25.3. The topological polar surface area (TPSA) is 118 Å². The first-order chi connectivity index (χ1) is 14.6. The SMILES string of the molecule is O=C(O)C(F)(F)F.O=C(O)C(F)(F)F.O=C(O)CN1C2CCC1CN(Cc1cccs1)C2. The van der Waals surface area contributed by atoms with E-state index < -0.39 is 30.3 Å². The zero-order valence-electron chi connectivity index (χ0n) is 16.3. The molecule has 0 aliphatic carbocycles. The predicted octanol–water partition coefficient (Wildman–Crippen LogP) is 2.75. The van der Waals surface area contributed by atoms with Gasteiger partial charge in [-0.15, -0.1) is 11.3 Å². The number of halogens is 6. The molecule has 2 atom stereocenters. The second-order valence-corrected chi connectivity index (χ2v) is 7.86. The van der Waals surface area contributed by atoms with Crippen molar-refractivity contribution < 1.29 is 56.0 Å². The number of hydrogen-bond donors (Lipinski definition) is 3. The molecule has 15 heteroatoms. The van der Waals surface area contributed by atoms with Crippen LogP contribution in [-0.2, 0) is 20.9 Å². The first kappa shape index (κ1) is 27.6. The number of hydrogen-bond acceptors (Lipinski definition) is 6. The highest BCUT2D eigenvalue weighted by atomic mass is 32.1. The van der Waals surface area contributed by atoms with Gasteiger partial charge in [0, 0.05) is 36.6 Å². The lowest BCUT2D eigenvalue weighted by Gasteiger charge is -2.40. The summed E-state index contributed by atoms with van der Waals surface area (Å²) in [7, 11) is 0. The molecule has 0 radical (unpaired) electrons. The molecule has 0 spiro atoms. The van der Waals surface area contributed by atoms with Gasteiger partial charge in [-0.1, -0.05) is 6.07 Å². The number of carboxylic acids is 3. The maximum atomic E-state index is 10.9. The molecule has 2 unspecified atom stereocenters. The van der Waals surface area contributed by atoms with Gasteiger partial charge >= 0.3 is 30.3 Å². The van der Waals surface area contributed by atoms with Crippen LogP contribution in [0.3, 0.4) is 0 Å². The standard InChI is InChI=1S/C13H18N2O2S.2C2HF3O2/c16-13(17)9-15-10-3-4-11(15)7-14(6-10)8-12-2-1-5-18-12;2*3-2(4,5)1(6)7/h1-2,5,10-11H,3-4,6-9H2,(H,16,17);2*(H,6,7). The molecule has 2 aliphatic heterocycles. The summed E-state index contributed by atoms with van der Waals surface area (Å²) >= 11 is 1.80. The molecular weight excluding hydrogens is 474 g/mol. The van der Waals surface area contributed by atoms with Crippen LogP contribution in [0.5, 0.6) is 0 Å². The summed E-state index contributed by atoms with van der Waals surface area (Å²) in [6.45, 7) is 3.26. The molecule has 1 aromatic heterocycles. The fourth-order valence-electron chi connectivity index (χ4n) is 3.24. The lowest BCUT2D eigenvalue weighted by atomic mass is 10.2. The molecule has 0 amide bonds. The highest BCUT2D eigenvalue weighted by Gasteiger charge is 2.40. The van der Waals surface area contributed by atoms with Crippen LogP contribution in [0, 0.1) is 0 Å². The zero-order chi connectivity index (χ0) is 24.7. The summed E-state index contributed by atoms with van der Waals surface area (Å²) in [5.41, 5.74) is 0. The molecule has 0 saturated carbocycles. The van der Waals surface area contributed by atoms with Gasteiger partial charge in [0.05, 0.1) is 6.54 Å². The van der Waals surface area contributed by atoms with Gasteiger partial charge < -0.3 is 15.3 Å². The third kappa shape index (κ3) is 9.40. The van der Waals surface area contributed by atoms with Gasteiger partial charge in [-0.25, -0.2) is 9.59 Å². The van der Waals surface area contributed by atoms with Gasteiger partial charge in [0.1, 0.15) is 0 Å². The Morgan fingerprint density at radius 3 is 1.69 bits per heavy atom. The maximum absolute atomic E-state index is 10.9. The van der Waals surface area contributed by atoms with E-state index in [4.69, 9.17) is 24.9 Å². The van der Waals surface area contributed by atoms with Crippen LogP contribution in [0.2, 0.25) is 0 Å². The van der Waals surface area contributed by atoms with Crippen LogP contribution in [0.25, 0.3) is 0 Å². The number of carboxylic acid groups (broad SMARTS) is 3. The molecule has 182 valence electrons. The Morgan fingerprint density at radius 1 is 0.938 bits per heavy atom. The van der Waals surface area contributed by atoms with Crippen molar-refractivity contribution in [1.29, 1.82) is 0 Å². The van der Waals surface area contributed by atoms with Crippen molar-refractivity contribution in [1.82, 2.24) is 9.80 Å². The van der Waals surface area contributed by atoms with Crippen molar-refractivity contribution in [3.05, 3.63) is 22.4 Å². The van der Waals surface area contributed by atoms with E-state index in [9.17, 15) is 31.1 Å². The van der Waals surface area contributed by atoms with Crippen LogP contribution in [-0.4, -0.2) is 87.1 Å². The highest BCUT2D eigenvalue weighted by molar-refractivity contribution is 7.09. The minimum atomic E-state index is -5.08. The van der Waals surface area contributed by atoms with E-state index in [1.807, 2.05) is 0 Å². The predicted molar refractivity (Wildman–Crippen MR) is 98.1 cm³/mol. The van der Waals surface area contributed by atoms with Crippen molar-refractivity contribution in [2.24, 2.45) is 0 Å².